The molecule has 0 aromatic heterocycles. The van der Waals surface area contributed by atoms with E-state index in [1.807, 2.05) is 11.0 Å². The number of phenols is 1. The lowest BCUT2D eigenvalue weighted by Crippen LogP contribution is -2.37. The summed E-state index contributed by atoms with van der Waals surface area (Å²) in [6.07, 6.45) is 1.95. The lowest BCUT2D eigenvalue weighted by Gasteiger charge is -2.29. The smallest absolute Gasteiger partial charge is 0.226 e. The fourth-order valence-electron chi connectivity index (χ4n) is 2.63. The number of amides is 1. The Morgan fingerprint density at radius 3 is 2.88 bits per heavy atom. The molecule has 1 fully saturated rings. The zero-order valence-electron chi connectivity index (χ0n) is 10.0. The van der Waals surface area contributed by atoms with Gasteiger partial charge in [0, 0.05) is 19.0 Å². The monoisotopic (exact) mass is 231 g/mol. The Kier molecular flexibility index (Phi) is 2.35. The summed E-state index contributed by atoms with van der Waals surface area (Å²) in [4.78, 5) is 14.1. The van der Waals surface area contributed by atoms with Crippen molar-refractivity contribution in [2.75, 3.05) is 6.54 Å². The van der Waals surface area contributed by atoms with Crippen molar-refractivity contribution in [2.24, 2.45) is 11.8 Å². The number of benzene rings is 1. The second kappa shape index (κ2) is 3.76. The number of carbonyl (C=O) groups is 1. The van der Waals surface area contributed by atoms with Crippen LogP contribution < -0.4 is 0 Å². The van der Waals surface area contributed by atoms with Gasteiger partial charge in [0.25, 0.3) is 0 Å². The predicted molar refractivity (Wildman–Crippen MR) is 64.5 cm³/mol. The first kappa shape index (κ1) is 10.6. The van der Waals surface area contributed by atoms with Crippen molar-refractivity contribution in [3.05, 3.63) is 29.3 Å². The highest BCUT2D eigenvalue weighted by Crippen LogP contribution is 2.40. The van der Waals surface area contributed by atoms with Crippen LogP contribution in [-0.4, -0.2) is 22.5 Å². The largest absolute Gasteiger partial charge is 0.508 e. The zero-order chi connectivity index (χ0) is 12.0. The van der Waals surface area contributed by atoms with E-state index in [0.717, 1.165) is 24.9 Å². The van der Waals surface area contributed by atoms with Gasteiger partial charge in [0.1, 0.15) is 5.75 Å². The topological polar surface area (TPSA) is 40.5 Å². The van der Waals surface area contributed by atoms with Crippen LogP contribution in [0.3, 0.4) is 0 Å². The van der Waals surface area contributed by atoms with Crippen molar-refractivity contribution < 1.29 is 9.90 Å². The first-order valence-electron chi connectivity index (χ1n) is 6.24. The van der Waals surface area contributed by atoms with Crippen LogP contribution in [0.5, 0.6) is 5.75 Å². The van der Waals surface area contributed by atoms with E-state index in [9.17, 15) is 9.90 Å². The minimum atomic E-state index is 0.258. The molecular weight excluding hydrogens is 214 g/mol. The molecule has 0 spiro atoms. The predicted octanol–water partition coefficient (Wildman–Crippen LogP) is 1.93. The van der Waals surface area contributed by atoms with E-state index in [4.69, 9.17) is 0 Å². The Bertz CT molecular complexity index is 469. The molecule has 1 amide bonds. The summed E-state index contributed by atoms with van der Waals surface area (Å²) in [5, 5.41) is 9.47. The molecule has 0 radical (unpaired) electrons. The molecule has 3 heteroatoms. The van der Waals surface area contributed by atoms with Gasteiger partial charge in [0.05, 0.1) is 0 Å². The molecule has 2 atom stereocenters. The number of carbonyl (C=O) groups excluding carboxylic acids is 1. The normalized spacial score (nSPS) is 26.5. The molecule has 1 heterocycles. The van der Waals surface area contributed by atoms with Crippen molar-refractivity contribution in [2.45, 2.75) is 26.3 Å². The third-order valence-electron chi connectivity index (χ3n) is 3.94. The lowest BCUT2D eigenvalue weighted by atomic mass is 9.99. The van der Waals surface area contributed by atoms with Gasteiger partial charge in [0.15, 0.2) is 0 Å². The second-order valence-corrected chi connectivity index (χ2v) is 5.28. The average molecular weight is 231 g/mol. The number of fused-ring (bicyclic) bond motifs is 1. The van der Waals surface area contributed by atoms with E-state index >= 15 is 0 Å². The zero-order valence-corrected chi connectivity index (χ0v) is 10.0. The molecule has 0 bridgehead atoms. The van der Waals surface area contributed by atoms with E-state index in [2.05, 4.69) is 6.92 Å². The molecule has 1 aliphatic carbocycles. The van der Waals surface area contributed by atoms with Crippen molar-refractivity contribution in [1.82, 2.24) is 4.90 Å². The highest BCUT2D eigenvalue weighted by atomic mass is 16.3. The first-order valence-corrected chi connectivity index (χ1v) is 6.24. The number of rotatable bonds is 1. The van der Waals surface area contributed by atoms with E-state index in [0.29, 0.717) is 18.4 Å². The highest BCUT2D eigenvalue weighted by Gasteiger charge is 2.41. The Labute approximate surface area is 101 Å². The molecule has 1 N–H and O–H groups in total. The van der Waals surface area contributed by atoms with Gasteiger partial charge in [-0.3, -0.25) is 4.79 Å². The molecular formula is C14H17NO2. The maximum Gasteiger partial charge on any atom is 0.226 e. The molecule has 2 aliphatic rings. The Morgan fingerprint density at radius 2 is 2.18 bits per heavy atom. The molecule has 0 saturated heterocycles. The van der Waals surface area contributed by atoms with Crippen molar-refractivity contribution in [3.63, 3.8) is 0 Å². The fourth-order valence-corrected chi connectivity index (χ4v) is 2.63. The molecule has 3 rings (SSSR count). The van der Waals surface area contributed by atoms with Crippen molar-refractivity contribution >= 4 is 5.91 Å². The second-order valence-electron chi connectivity index (χ2n) is 5.28. The summed E-state index contributed by atoms with van der Waals surface area (Å²) in [5.41, 5.74) is 2.36. The summed E-state index contributed by atoms with van der Waals surface area (Å²) in [5.74, 6) is 1.41. The molecule has 1 aromatic carbocycles. The van der Waals surface area contributed by atoms with E-state index in [-0.39, 0.29) is 11.7 Å². The maximum atomic E-state index is 12.1. The highest BCUT2D eigenvalue weighted by molar-refractivity contribution is 5.81. The summed E-state index contributed by atoms with van der Waals surface area (Å²) in [6, 6.07) is 5.47. The van der Waals surface area contributed by atoms with Crippen LogP contribution in [0.4, 0.5) is 0 Å². The molecule has 1 aliphatic heterocycles. The number of nitrogens with zero attached hydrogens (tertiary/aromatic N) is 1. The summed E-state index contributed by atoms with van der Waals surface area (Å²) < 4.78 is 0. The molecule has 3 nitrogen and oxygen atoms in total. The maximum absolute atomic E-state index is 12.1. The number of hydrogen-bond donors (Lipinski definition) is 1. The van der Waals surface area contributed by atoms with Gasteiger partial charge in [0.2, 0.25) is 5.91 Å². The van der Waals surface area contributed by atoms with Crippen LogP contribution in [0, 0.1) is 11.8 Å². The van der Waals surface area contributed by atoms with Crippen LogP contribution in [0.2, 0.25) is 0 Å². The van der Waals surface area contributed by atoms with Gasteiger partial charge in [-0.2, -0.15) is 0 Å². The van der Waals surface area contributed by atoms with Crippen molar-refractivity contribution in [1.29, 1.82) is 0 Å². The number of phenolic OH excluding ortho intramolecular Hbond substituents is 1. The Morgan fingerprint density at radius 1 is 1.41 bits per heavy atom. The Balaban J connectivity index is 1.78. The molecule has 1 aromatic rings. The van der Waals surface area contributed by atoms with Crippen LogP contribution in [-0.2, 0) is 17.8 Å². The van der Waals surface area contributed by atoms with E-state index < -0.39 is 0 Å². The van der Waals surface area contributed by atoms with Gasteiger partial charge in [-0.05, 0) is 42.0 Å². The SMILES string of the molecule is CC1CC1C(=O)N1CCc2ccc(O)cc2C1. The minimum absolute atomic E-state index is 0.258. The molecule has 1 saturated carbocycles. The third kappa shape index (κ3) is 1.90. The van der Waals surface area contributed by atoms with Crippen LogP contribution in [0.1, 0.15) is 24.5 Å². The summed E-state index contributed by atoms with van der Waals surface area (Å²) in [7, 11) is 0. The fraction of sp³-hybridized carbons (Fsp3) is 0.500. The Hall–Kier alpha value is -1.51. The summed E-state index contributed by atoms with van der Waals surface area (Å²) in [6.45, 7) is 3.61. The average Bonchev–Trinajstić information content (AvgIpc) is 3.04. The van der Waals surface area contributed by atoms with Gasteiger partial charge in [-0.15, -0.1) is 0 Å². The van der Waals surface area contributed by atoms with Gasteiger partial charge in [-0.25, -0.2) is 0 Å². The molecule has 17 heavy (non-hydrogen) atoms. The molecule has 90 valence electrons. The standard InChI is InChI=1S/C14H17NO2/c1-9-6-13(9)14(17)15-5-4-10-2-3-12(16)7-11(10)8-15/h2-3,7,9,13,16H,4-6,8H2,1H3. The van der Waals surface area contributed by atoms with Crippen LogP contribution in [0.25, 0.3) is 0 Å². The van der Waals surface area contributed by atoms with Gasteiger partial charge >= 0.3 is 0 Å². The third-order valence-corrected chi connectivity index (χ3v) is 3.94. The van der Waals surface area contributed by atoms with E-state index in [1.165, 1.54) is 5.56 Å². The summed E-state index contributed by atoms with van der Waals surface area (Å²) >= 11 is 0. The molecule has 2 unspecified atom stereocenters. The van der Waals surface area contributed by atoms with Crippen LogP contribution in [0.15, 0.2) is 18.2 Å². The van der Waals surface area contributed by atoms with Crippen molar-refractivity contribution in [3.8, 4) is 5.75 Å². The minimum Gasteiger partial charge on any atom is -0.508 e. The van der Waals surface area contributed by atoms with Gasteiger partial charge in [-0.1, -0.05) is 13.0 Å². The van der Waals surface area contributed by atoms with E-state index in [1.54, 1.807) is 12.1 Å². The lowest BCUT2D eigenvalue weighted by molar-refractivity contribution is -0.133. The number of aromatic hydroxyl groups is 1. The first-order chi connectivity index (χ1) is 8.15. The van der Waals surface area contributed by atoms with Crippen LogP contribution >= 0.6 is 0 Å². The number of hydrogen-bond acceptors (Lipinski definition) is 2. The quantitative estimate of drug-likeness (QED) is 0.802. The van der Waals surface area contributed by atoms with Gasteiger partial charge < -0.3 is 10.0 Å².